The number of aryl methyl sites for hydroxylation is 1. The molecule has 2 heterocycles. The molecule has 0 aliphatic rings. The molecular formula is C11H9BrN2O. The van der Waals surface area contributed by atoms with Crippen LogP contribution in [0.4, 0.5) is 0 Å². The Labute approximate surface area is 96.3 Å². The zero-order chi connectivity index (χ0) is 10.7. The van der Waals surface area contributed by atoms with Gasteiger partial charge in [0, 0.05) is 11.8 Å². The topological polar surface area (TPSA) is 35.0 Å². The van der Waals surface area contributed by atoms with Crippen LogP contribution in [0.3, 0.4) is 0 Å². The van der Waals surface area contributed by atoms with Crippen molar-refractivity contribution in [1.29, 1.82) is 0 Å². The fourth-order valence-corrected chi connectivity index (χ4v) is 1.41. The van der Waals surface area contributed by atoms with Crippen LogP contribution in [0.2, 0.25) is 0 Å². The monoisotopic (exact) mass is 264 g/mol. The molecule has 15 heavy (non-hydrogen) atoms. The molecule has 2 aromatic heterocycles. The number of hydrogen-bond acceptors (Lipinski definition) is 3. The van der Waals surface area contributed by atoms with Gasteiger partial charge in [-0.25, -0.2) is 4.98 Å². The average molecular weight is 265 g/mol. The Hall–Kier alpha value is -1.42. The van der Waals surface area contributed by atoms with Gasteiger partial charge < -0.3 is 4.74 Å². The van der Waals surface area contributed by atoms with E-state index in [1.54, 1.807) is 12.3 Å². The van der Waals surface area contributed by atoms with Crippen LogP contribution in [-0.2, 0) is 0 Å². The van der Waals surface area contributed by atoms with Crippen molar-refractivity contribution in [2.75, 3.05) is 0 Å². The van der Waals surface area contributed by atoms with E-state index in [0.29, 0.717) is 11.6 Å². The van der Waals surface area contributed by atoms with Gasteiger partial charge in [0.15, 0.2) is 0 Å². The summed E-state index contributed by atoms with van der Waals surface area (Å²) in [7, 11) is 0. The summed E-state index contributed by atoms with van der Waals surface area (Å²) in [6.07, 6.45) is 1.68. The van der Waals surface area contributed by atoms with Crippen molar-refractivity contribution in [2.24, 2.45) is 0 Å². The Morgan fingerprint density at radius 3 is 2.73 bits per heavy atom. The maximum atomic E-state index is 5.51. The zero-order valence-electron chi connectivity index (χ0n) is 8.14. The molecule has 0 saturated heterocycles. The number of pyridine rings is 2. The van der Waals surface area contributed by atoms with Crippen LogP contribution in [-0.4, -0.2) is 9.97 Å². The van der Waals surface area contributed by atoms with Crippen molar-refractivity contribution >= 4 is 15.9 Å². The Balaban J connectivity index is 2.18. The van der Waals surface area contributed by atoms with Gasteiger partial charge in [0.1, 0.15) is 10.4 Å². The summed E-state index contributed by atoms with van der Waals surface area (Å²) in [4.78, 5) is 8.29. The molecule has 0 aromatic carbocycles. The molecule has 3 nitrogen and oxygen atoms in total. The summed E-state index contributed by atoms with van der Waals surface area (Å²) in [5.41, 5.74) is 0.963. The fourth-order valence-electron chi connectivity index (χ4n) is 1.08. The lowest BCUT2D eigenvalue weighted by Gasteiger charge is -2.04. The van der Waals surface area contributed by atoms with Gasteiger partial charge in [0.05, 0.1) is 6.20 Å². The number of hydrogen-bond donors (Lipinski definition) is 0. The highest BCUT2D eigenvalue weighted by Gasteiger charge is 1.98. The largest absolute Gasteiger partial charge is 0.437 e. The molecule has 2 aromatic rings. The van der Waals surface area contributed by atoms with Gasteiger partial charge in [0.2, 0.25) is 5.88 Å². The molecule has 4 heteroatoms. The van der Waals surface area contributed by atoms with E-state index in [1.807, 2.05) is 31.2 Å². The second-order valence-corrected chi connectivity index (χ2v) is 3.85. The molecule has 0 bridgehead atoms. The lowest BCUT2D eigenvalue weighted by molar-refractivity contribution is 0.459. The number of halogens is 1. The van der Waals surface area contributed by atoms with Crippen LogP contribution in [0.5, 0.6) is 11.6 Å². The van der Waals surface area contributed by atoms with Crippen molar-refractivity contribution in [3.05, 3.63) is 46.8 Å². The number of rotatable bonds is 2. The highest BCUT2D eigenvalue weighted by Crippen LogP contribution is 2.19. The summed E-state index contributed by atoms with van der Waals surface area (Å²) in [5.74, 6) is 1.24. The normalized spacial score (nSPS) is 10.0. The number of ether oxygens (including phenoxy) is 1. The number of aromatic nitrogens is 2. The van der Waals surface area contributed by atoms with E-state index >= 15 is 0 Å². The van der Waals surface area contributed by atoms with Crippen molar-refractivity contribution in [3.8, 4) is 11.6 Å². The van der Waals surface area contributed by atoms with Crippen LogP contribution in [0.15, 0.2) is 41.1 Å². The first kappa shape index (κ1) is 10.1. The van der Waals surface area contributed by atoms with E-state index in [9.17, 15) is 0 Å². The van der Waals surface area contributed by atoms with E-state index in [2.05, 4.69) is 25.9 Å². The highest BCUT2D eigenvalue weighted by molar-refractivity contribution is 9.10. The number of nitrogens with zero attached hydrogens (tertiary/aromatic N) is 2. The van der Waals surface area contributed by atoms with Gasteiger partial charge in [-0.3, -0.25) is 4.98 Å². The van der Waals surface area contributed by atoms with Crippen molar-refractivity contribution in [3.63, 3.8) is 0 Å². The van der Waals surface area contributed by atoms with E-state index in [-0.39, 0.29) is 0 Å². The van der Waals surface area contributed by atoms with Gasteiger partial charge in [-0.1, -0.05) is 6.07 Å². The minimum absolute atomic E-state index is 0.551. The maximum absolute atomic E-state index is 5.51. The summed E-state index contributed by atoms with van der Waals surface area (Å²) in [6.45, 7) is 1.93. The third-order valence-electron chi connectivity index (χ3n) is 1.80. The molecule has 0 N–H and O–H groups in total. The molecule has 2 rings (SSSR count). The minimum atomic E-state index is 0.551. The van der Waals surface area contributed by atoms with Gasteiger partial charge in [-0.05, 0) is 41.1 Å². The molecule has 0 aliphatic carbocycles. The van der Waals surface area contributed by atoms with Crippen LogP contribution in [0, 0.1) is 6.92 Å². The van der Waals surface area contributed by atoms with Crippen molar-refractivity contribution < 1.29 is 4.74 Å². The predicted octanol–water partition coefficient (Wildman–Crippen LogP) is 3.34. The molecule has 0 radical (unpaired) electrons. The third kappa shape index (κ3) is 2.76. The van der Waals surface area contributed by atoms with E-state index < -0.39 is 0 Å². The molecule has 76 valence electrons. The van der Waals surface area contributed by atoms with Gasteiger partial charge >= 0.3 is 0 Å². The Bertz CT molecular complexity index is 456. The minimum Gasteiger partial charge on any atom is -0.437 e. The van der Waals surface area contributed by atoms with Gasteiger partial charge in [-0.15, -0.1) is 0 Å². The Kier molecular flexibility index (Phi) is 2.97. The quantitative estimate of drug-likeness (QED) is 0.781. The van der Waals surface area contributed by atoms with E-state index in [1.165, 1.54) is 0 Å². The summed E-state index contributed by atoms with van der Waals surface area (Å²) < 4.78 is 6.26. The second-order valence-electron chi connectivity index (χ2n) is 3.04. The second kappa shape index (κ2) is 4.40. The van der Waals surface area contributed by atoms with Gasteiger partial charge in [0.25, 0.3) is 0 Å². The smallest absolute Gasteiger partial charge is 0.220 e. The molecule has 0 fully saturated rings. The fraction of sp³-hybridized carbons (Fsp3) is 0.0909. The maximum Gasteiger partial charge on any atom is 0.220 e. The van der Waals surface area contributed by atoms with Crippen molar-refractivity contribution in [1.82, 2.24) is 9.97 Å². The zero-order valence-corrected chi connectivity index (χ0v) is 9.73. The van der Waals surface area contributed by atoms with Crippen LogP contribution in [0.1, 0.15) is 5.69 Å². The summed E-state index contributed by atoms with van der Waals surface area (Å²) >= 11 is 3.28. The lowest BCUT2D eigenvalue weighted by atomic mass is 10.4. The first-order valence-corrected chi connectivity index (χ1v) is 5.26. The third-order valence-corrected chi connectivity index (χ3v) is 2.24. The predicted molar refractivity (Wildman–Crippen MR) is 61.0 cm³/mol. The molecule has 0 unspecified atom stereocenters. The summed E-state index contributed by atoms with van der Waals surface area (Å²) in [5, 5.41) is 0. The molecule has 0 amide bonds. The van der Waals surface area contributed by atoms with Crippen LogP contribution < -0.4 is 4.74 Å². The highest BCUT2D eigenvalue weighted by atomic mass is 79.9. The molecular weight excluding hydrogens is 256 g/mol. The van der Waals surface area contributed by atoms with Crippen LogP contribution in [0.25, 0.3) is 0 Å². The summed E-state index contributed by atoms with van der Waals surface area (Å²) in [6, 6.07) is 9.27. The van der Waals surface area contributed by atoms with Crippen molar-refractivity contribution in [2.45, 2.75) is 6.92 Å². The molecule has 0 spiro atoms. The molecule has 0 aliphatic heterocycles. The molecule has 0 saturated carbocycles. The average Bonchev–Trinajstić information content (AvgIpc) is 2.22. The Morgan fingerprint density at radius 2 is 2.07 bits per heavy atom. The lowest BCUT2D eigenvalue weighted by Crippen LogP contribution is -1.89. The first-order valence-electron chi connectivity index (χ1n) is 4.47. The van der Waals surface area contributed by atoms with Gasteiger partial charge in [-0.2, -0.15) is 0 Å². The first-order chi connectivity index (χ1) is 7.24. The molecule has 0 atom stereocenters. The SMILES string of the molecule is Cc1ccc(Oc2cccc(Br)n2)cn1. The van der Waals surface area contributed by atoms with E-state index in [0.717, 1.165) is 10.3 Å². The Morgan fingerprint density at radius 1 is 1.20 bits per heavy atom. The van der Waals surface area contributed by atoms with E-state index in [4.69, 9.17) is 4.74 Å². The standard InChI is InChI=1S/C11H9BrN2O/c1-8-5-6-9(7-13-8)15-11-4-2-3-10(12)14-11/h2-7H,1H3. The van der Waals surface area contributed by atoms with Crippen LogP contribution >= 0.6 is 15.9 Å².